The Morgan fingerprint density at radius 1 is 1.56 bits per heavy atom. The van der Waals surface area contributed by atoms with Gasteiger partial charge in [-0.1, -0.05) is 6.07 Å². The molecule has 1 saturated heterocycles. The van der Waals surface area contributed by atoms with E-state index in [0.29, 0.717) is 28.9 Å². The first-order chi connectivity index (χ1) is 8.54. The van der Waals surface area contributed by atoms with Gasteiger partial charge in [-0.3, -0.25) is 4.79 Å². The molecule has 1 aliphatic rings. The molecule has 0 spiro atoms. The predicted octanol–water partition coefficient (Wildman–Crippen LogP) is 2.43. The van der Waals surface area contributed by atoms with Crippen LogP contribution in [0.2, 0.25) is 0 Å². The van der Waals surface area contributed by atoms with Gasteiger partial charge in [-0.25, -0.2) is 4.79 Å². The monoisotopic (exact) mass is 329 g/mol. The number of carbonyl (C=O) groups excluding carboxylic acids is 1. The van der Waals surface area contributed by atoms with Crippen LogP contribution in [0, 0.1) is 5.92 Å². The van der Waals surface area contributed by atoms with Crippen LogP contribution in [0.25, 0.3) is 0 Å². The van der Waals surface area contributed by atoms with E-state index in [9.17, 15) is 9.59 Å². The van der Waals surface area contributed by atoms with Crippen molar-refractivity contribution in [3.63, 3.8) is 0 Å². The molecule has 0 radical (unpaired) electrons. The molecule has 4 nitrogen and oxygen atoms in total. The van der Waals surface area contributed by atoms with Gasteiger partial charge in [0.15, 0.2) is 0 Å². The normalized spacial score (nSPS) is 19.3. The molecule has 2 rings (SSSR count). The number of rotatable bonds is 3. The average Bonchev–Trinajstić information content (AvgIpc) is 2.70. The zero-order chi connectivity index (χ0) is 13.3. The topological polar surface area (TPSA) is 57.6 Å². The van der Waals surface area contributed by atoms with Gasteiger partial charge in [0.1, 0.15) is 0 Å². The maximum absolute atomic E-state index is 11.9. The van der Waals surface area contributed by atoms with Crippen LogP contribution in [0.5, 0.6) is 0 Å². The van der Waals surface area contributed by atoms with Gasteiger partial charge in [-0.05, 0) is 39.7 Å². The largest absolute Gasteiger partial charge is 0.478 e. The lowest BCUT2D eigenvalue weighted by atomic mass is 10.1. The Balaban J connectivity index is 2.37. The fourth-order valence-corrected chi connectivity index (χ4v) is 2.92. The van der Waals surface area contributed by atoms with Crippen LogP contribution in [0.3, 0.4) is 0 Å². The minimum atomic E-state index is -1.01. The molecule has 1 amide bonds. The number of carboxylic acids is 1. The summed E-state index contributed by atoms with van der Waals surface area (Å²) in [7, 11) is 0. The number of thiol groups is 1. The van der Waals surface area contributed by atoms with Gasteiger partial charge in [0.25, 0.3) is 0 Å². The van der Waals surface area contributed by atoms with Crippen molar-refractivity contribution in [3.8, 4) is 0 Å². The van der Waals surface area contributed by atoms with Crippen molar-refractivity contribution < 1.29 is 14.7 Å². The number of benzene rings is 1. The van der Waals surface area contributed by atoms with Crippen LogP contribution >= 0.6 is 28.6 Å². The maximum Gasteiger partial charge on any atom is 0.336 e. The molecule has 1 N–H and O–H groups in total. The molecular formula is C12H12BrNO3S. The van der Waals surface area contributed by atoms with Crippen LogP contribution in [-0.4, -0.2) is 29.3 Å². The number of aromatic carboxylic acids is 1. The first kappa shape index (κ1) is 13.4. The molecule has 0 aromatic heterocycles. The highest BCUT2D eigenvalue weighted by molar-refractivity contribution is 9.10. The Hall–Kier alpha value is -1.01. The smallest absolute Gasteiger partial charge is 0.336 e. The molecule has 96 valence electrons. The van der Waals surface area contributed by atoms with Gasteiger partial charge < -0.3 is 10.0 Å². The van der Waals surface area contributed by atoms with E-state index in [1.54, 1.807) is 17.0 Å². The summed E-state index contributed by atoms with van der Waals surface area (Å²) < 4.78 is 0.450. The number of nitrogens with zero attached hydrogens (tertiary/aromatic N) is 1. The van der Waals surface area contributed by atoms with E-state index in [2.05, 4.69) is 28.6 Å². The van der Waals surface area contributed by atoms with Crippen LogP contribution in [0.1, 0.15) is 16.8 Å². The van der Waals surface area contributed by atoms with E-state index in [-0.39, 0.29) is 17.4 Å². The first-order valence-electron chi connectivity index (χ1n) is 5.47. The van der Waals surface area contributed by atoms with Crippen LogP contribution in [0.15, 0.2) is 22.7 Å². The minimum Gasteiger partial charge on any atom is -0.478 e. The predicted molar refractivity (Wildman–Crippen MR) is 75.4 cm³/mol. The van der Waals surface area contributed by atoms with Crippen molar-refractivity contribution in [3.05, 3.63) is 28.2 Å². The zero-order valence-electron chi connectivity index (χ0n) is 9.47. The van der Waals surface area contributed by atoms with Gasteiger partial charge in [0, 0.05) is 13.0 Å². The second-order valence-electron chi connectivity index (χ2n) is 4.20. The number of hydrogen-bond acceptors (Lipinski definition) is 3. The summed E-state index contributed by atoms with van der Waals surface area (Å²) >= 11 is 7.47. The third-order valence-electron chi connectivity index (χ3n) is 2.96. The summed E-state index contributed by atoms with van der Waals surface area (Å²) in [6.07, 6.45) is 0.466. The molecule has 1 unspecified atom stereocenters. The molecule has 18 heavy (non-hydrogen) atoms. The molecule has 0 aliphatic carbocycles. The van der Waals surface area contributed by atoms with Crippen molar-refractivity contribution in [2.45, 2.75) is 6.42 Å². The Labute approximate surface area is 119 Å². The van der Waals surface area contributed by atoms with Gasteiger partial charge in [0.05, 0.1) is 15.7 Å². The standard InChI is InChI=1S/C12H12BrNO3S/c13-11-8(12(16)17)2-1-3-9(11)14-5-7(6-18)4-10(14)15/h1-3,7,18H,4-6H2,(H,16,17). The molecule has 1 heterocycles. The molecule has 1 aromatic rings. The number of anilines is 1. The summed E-state index contributed by atoms with van der Waals surface area (Å²) in [6.45, 7) is 0.587. The molecule has 1 aliphatic heterocycles. The van der Waals surface area contributed by atoms with Crippen molar-refractivity contribution in [1.29, 1.82) is 0 Å². The molecule has 0 bridgehead atoms. The Morgan fingerprint density at radius 2 is 2.28 bits per heavy atom. The van der Waals surface area contributed by atoms with Crippen molar-refractivity contribution in [1.82, 2.24) is 0 Å². The Morgan fingerprint density at radius 3 is 2.83 bits per heavy atom. The Bertz CT molecular complexity index is 506. The van der Waals surface area contributed by atoms with Crippen molar-refractivity contribution in [2.75, 3.05) is 17.2 Å². The highest BCUT2D eigenvalue weighted by atomic mass is 79.9. The van der Waals surface area contributed by atoms with E-state index in [0.717, 1.165) is 0 Å². The zero-order valence-corrected chi connectivity index (χ0v) is 11.9. The van der Waals surface area contributed by atoms with Gasteiger partial charge in [0.2, 0.25) is 5.91 Å². The number of amides is 1. The van der Waals surface area contributed by atoms with Gasteiger partial charge in [-0.2, -0.15) is 12.6 Å². The first-order valence-corrected chi connectivity index (χ1v) is 6.90. The van der Waals surface area contributed by atoms with Crippen molar-refractivity contribution in [2.24, 2.45) is 5.92 Å². The summed E-state index contributed by atoms with van der Waals surface area (Å²) in [5, 5.41) is 9.05. The number of carbonyl (C=O) groups is 2. The van der Waals surface area contributed by atoms with Gasteiger partial charge >= 0.3 is 5.97 Å². The lowest BCUT2D eigenvalue weighted by Gasteiger charge is -2.19. The fourth-order valence-electron chi connectivity index (χ4n) is 2.03. The third-order valence-corrected chi connectivity index (χ3v) is 4.31. The lowest BCUT2D eigenvalue weighted by molar-refractivity contribution is -0.117. The second-order valence-corrected chi connectivity index (χ2v) is 5.36. The number of carboxylic acid groups (broad SMARTS) is 1. The van der Waals surface area contributed by atoms with Crippen LogP contribution in [0.4, 0.5) is 5.69 Å². The minimum absolute atomic E-state index is 0.0114. The average molecular weight is 330 g/mol. The molecule has 1 fully saturated rings. The summed E-state index contributed by atoms with van der Waals surface area (Å²) in [4.78, 5) is 24.6. The summed E-state index contributed by atoms with van der Waals surface area (Å²) in [5.74, 6) is -0.127. The van der Waals surface area contributed by atoms with E-state index in [1.807, 2.05) is 0 Å². The molecular weight excluding hydrogens is 318 g/mol. The fraction of sp³-hybridized carbons (Fsp3) is 0.333. The van der Waals surface area contributed by atoms with E-state index < -0.39 is 5.97 Å². The second kappa shape index (κ2) is 5.32. The summed E-state index contributed by atoms with van der Waals surface area (Å²) in [5.41, 5.74) is 0.777. The molecule has 6 heteroatoms. The van der Waals surface area contributed by atoms with Crippen LogP contribution in [-0.2, 0) is 4.79 Å². The molecule has 1 aromatic carbocycles. The quantitative estimate of drug-likeness (QED) is 0.837. The maximum atomic E-state index is 11.9. The summed E-state index contributed by atoms with van der Waals surface area (Å²) in [6, 6.07) is 4.90. The van der Waals surface area contributed by atoms with Crippen LogP contribution < -0.4 is 4.90 Å². The number of hydrogen-bond donors (Lipinski definition) is 2. The van der Waals surface area contributed by atoms with E-state index >= 15 is 0 Å². The lowest BCUT2D eigenvalue weighted by Crippen LogP contribution is -2.25. The Kier molecular flexibility index (Phi) is 3.97. The highest BCUT2D eigenvalue weighted by Crippen LogP contribution is 2.34. The van der Waals surface area contributed by atoms with Crippen molar-refractivity contribution >= 4 is 46.1 Å². The number of halogens is 1. The molecule has 1 atom stereocenters. The van der Waals surface area contributed by atoms with Gasteiger partial charge in [-0.15, -0.1) is 0 Å². The third kappa shape index (κ3) is 2.40. The molecule has 0 saturated carbocycles. The van der Waals surface area contributed by atoms with E-state index in [4.69, 9.17) is 5.11 Å². The SMILES string of the molecule is O=C(O)c1cccc(N2CC(CS)CC2=O)c1Br. The van der Waals surface area contributed by atoms with E-state index in [1.165, 1.54) is 6.07 Å². The highest BCUT2D eigenvalue weighted by Gasteiger charge is 2.31.